The summed E-state index contributed by atoms with van der Waals surface area (Å²) in [5.74, 6) is 0. The summed E-state index contributed by atoms with van der Waals surface area (Å²) in [6.07, 6.45) is 6.21. The molecule has 4 rings (SSSR count). The Morgan fingerprint density at radius 3 is 2.41 bits per heavy atom. The molecule has 1 aliphatic heterocycles. The van der Waals surface area contributed by atoms with Crippen LogP contribution in [-0.4, -0.2) is 16.8 Å². The summed E-state index contributed by atoms with van der Waals surface area (Å²) in [5.41, 5.74) is 7.21. The smallest absolute Gasteiger partial charge is 0.0679 e. The van der Waals surface area contributed by atoms with E-state index in [0.29, 0.717) is 0 Å². The Morgan fingerprint density at radius 1 is 0.818 bits per heavy atom. The fourth-order valence-electron chi connectivity index (χ4n) is 3.05. The van der Waals surface area contributed by atoms with Crippen LogP contribution in [0.3, 0.4) is 0 Å². The number of fused-ring (bicyclic) bond motifs is 2. The molecule has 0 fully saturated rings. The van der Waals surface area contributed by atoms with E-state index < -0.39 is 0 Å². The SMILES string of the molecule is CN1c2ccccc2C=Cc2cc(-c3ccnn3C)ccc21. The van der Waals surface area contributed by atoms with E-state index in [-0.39, 0.29) is 0 Å². The monoisotopic (exact) mass is 287 g/mol. The first-order chi connectivity index (χ1) is 10.7. The van der Waals surface area contributed by atoms with E-state index in [4.69, 9.17) is 0 Å². The number of benzene rings is 2. The molecule has 0 saturated carbocycles. The molecule has 0 spiro atoms. The van der Waals surface area contributed by atoms with Gasteiger partial charge >= 0.3 is 0 Å². The Labute approximate surface area is 130 Å². The first-order valence-corrected chi connectivity index (χ1v) is 7.37. The number of para-hydroxylation sites is 1. The summed E-state index contributed by atoms with van der Waals surface area (Å²) in [4.78, 5) is 2.25. The molecule has 1 aliphatic rings. The van der Waals surface area contributed by atoms with Crippen LogP contribution in [0.25, 0.3) is 23.4 Å². The van der Waals surface area contributed by atoms with Gasteiger partial charge in [0.25, 0.3) is 0 Å². The highest BCUT2D eigenvalue weighted by molar-refractivity contribution is 5.89. The van der Waals surface area contributed by atoms with Crippen molar-refractivity contribution < 1.29 is 0 Å². The molecule has 3 nitrogen and oxygen atoms in total. The van der Waals surface area contributed by atoms with Gasteiger partial charge in [0.1, 0.15) is 0 Å². The fraction of sp³-hybridized carbons (Fsp3) is 0.105. The highest BCUT2D eigenvalue weighted by Gasteiger charge is 2.15. The van der Waals surface area contributed by atoms with Crippen molar-refractivity contribution in [1.29, 1.82) is 0 Å². The standard InChI is InChI=1S/C19H17N3/c1-21-17-6-4-3-5-14(17)7-8-15-13-16(9-10-18(15)21)19-11-12-20-22(19)2/h3-13H,1-2H3. The summed E-state index contributed by atoms with van der Waals surface area (Å²) in [7, 11) is 4.09. The number of nitrogens with zero attached hydrogens (tertiary/aromatic N) is 3. The first-order valence-electron chi connectivity index (χ1n) is 7.37. The van der Waals surface area contributed by atoms with E-state index >= 15 is 0 Å². The van der Waals surface area contributed by atoms with Crippen molar-refractivity contribution in [2.24, 2.45) is 7.05 Å². The molecule has 0 aliphatic carbocycles. The van der Waals surface area contributed by atoms with Gasteiger partial charge < -0.3 is 4.90 Å². The molecule has 0 radical (unpaired) electrons. The Morgan fingerprint density at radius 2 is 1.59 bits per heavy atom. The van der Waals surface area contributed by atoms with Crippen molar-refractivity contribution in [3.8, 4) is 11.3 Å². The van der Waals surface area contributed by atoms with Gasteiger partial charge in [-0.1, -0.05) is 36.4 Å². The third kappa shape index (κ3) is 1.94. The molecule has 0 bridgehead atoms. The number of hydrogen-bond donors (Lipinski definition) is 0. The lowest BCUT2D eigenvalue weighted by Gasteiger charge is -2.22. The van der Waals surface area contributed by atoms with Crippen LogP contribution in [0.2, 0.25) is 0 Å². The van der Waals surface area contributed by atoms with Gasteiger partial charge in [0.15, 0.2) is 0 Å². The van der Waals surface area contributed by atoms with Crippen LogP contribution in [0.1, 0.15) is 11.1 Å². The molecular weight excluding hydrogens is 270 g/mol. The van der Waals surface area contributed by atoms with E-state index in [1.54, 1.807) is 0 Å². The predicted molar refractivity (Wildman–Crippen MR) is 92.1 cm³/mol. The predicted octanol–water partition coefficient (Wildman–Crippen LogP) is 4.34. The van der Waals surface area contributed by atoms with Crippen LogP contribution >= 0.6 is 0 Å². The molecule has 22 heavy (non-hydrogen) atoms. The lowest BCUT2D eigenvalue weighted by molar-refractivity contribution is 0.776. The van der Waals surface area contributed by atoms with Crippen LogP contribution in [0, 0.1) is 0 Å². The normalized spacial score (nSPS) is 12.7. The summed E-state index contributed by atoms with van der Waals surface area (Å²) in [6, 6.07) is 17.1. The average molecular weight is 287 g/mol. The van der Waals surface area contributed by atoms with Gasteiger partial charge in [-0.2, -0.15) is 5.10 Å². The van der Waals surface area contributed by atoms with Gasteiger partial charge in [0.05, 0.1) is 5.69 Å². The summed E-state index contributed by atoms with van der Waals surface area (Å²) in [6.45, 7) is 0. The lowest BCUT2D eigenvalue weighted by atomic mass is 10.1. The van der Waals surface area contributed by atoms with Gasteiger partial charge in [-0.3, -0.25) is 4.68 Å². The highest BCUT2D eigenvalue weighted by atomic mass is 15.3. The van der Waals surface area contributed by atoms with Gasteiger partial charge in [-0.05, 0) is 35.4 Å². The van der Waals surface area contributed by atoms with E-state index in [1.165, 1.54) is 28.1 Å². The largest absolute Gasteiger partial charge is 0.344 e. The molecule has 1 aromatic heterocycles. The highest BCUT2D eigenvalue weighted by Crippen LogP contribution is 2.36. The molecule has 108 valence electrons. The lowest BCUT2D eigenvalue weighted by Crippen LogP contribution is -2.11. The van der Waals surface area contributed by atoms with Crippen LogP contribution < -0.4 is 4.90 Å². The fourth-order valence-corrected chi connectivity index (χ4v) is 3.05. The number of hydrogen-bond acceptors (Lipinski definition) is 2. The van der Waals surface area contributed by atoms with Crippen molar-refractivity contribution in [3.05, 3.63) is 65.9 Å². The number of aryl methyl sites for hydroxylation is 1. The van der Waals surface area contributed by atoms with E-state index in [1.807, 2.05) is 24.0 Å². The molecular formula is C19H17N3. The molecule has 0 saturated heterocycles. The maximum absolute atomic E-state index is 4.26. The second-order valence-corrected chi connectivity index (χ2v) is 5.56. The third-order valence-corrected chi connectivity index (χ3v) is 4.25. The molecule has 2 heterocycles. The number of anilines is 2. The van der Waals surface area contributed by atoms with Crippen molar-refractivity contribution in [1.82, 2.24) is 9.78 Å². The minimum Gasteiger partial charge on any atom is -0.344 e. The second-order valence-electron chi connectivity index (χ2n) is 5.56. The van der Waals surface area contributed by atoms with Gasteiger partial charge in [0, 0.05) is 37.2 Å². The zero-order valence-corrected chi connectivity index (χ0v) is 12.7. The van der Waals surface area contributed by atoms with Crippen molar-refractivity contribution in [2.45, 2.75) is 0 Å². The van der Waals surface area contributed by atoms with Crippen LogP contribution in [-0.2, 0) is 7.05 Å². The number of rotatable bonds is 1. The van der Waals surface area contributed by atoms with Gasteiger partial charge in [-0.25, -0.2) is 0 Å². The van der Waals surface area contributed by atoms with Gasteiger partial charge in [-0.15, -0.1) is 0 Å². The van der Waals surface area contributed by atoms with Crippen LogP contribution in [0.4, 0.5) is 11.4 Å². The quantitative estimate of drug-likeness (QED) is 0.664. The van der Waals surface area contributed by atoms with Crippen LogP contribution in [0.15, 0.2) is 54.7 Å². The molecule has 3 heteroatoms. The summed E-state index contributed by atoms with van der Waals surface area (Å²) >= 11 is 0. The summed E-state index contributed by atoms with van der Waals surface area (Å²) < 4.78 is 1.90. The number of aromatic nitrogens is 2. The molecule has 0 N–H and O–H groups in total. The zero-order valence-electron chi connectivity index (χ0n) is 12.7. The molecule has 3 aromatic rings. The Kier molecular flexibility index (Phi) is 2.86. The minimum absolute atomic E-state index is 1.13. The van der Waals surface area contributed by atoms with Crippen molar-refractivity contribution in [3.63, 3.8) is 0 Å². The van der Waals surface area contributed by atoms with Crippen LogP contribution in [0.5, 0.6) is 0 Å². The maximum atomic E-state index is 4.26. The Bertz CT molecular complexity index is 874. The maximum Gasteiger partial charge on any atom is 0.0679 e. The Balaban J connectivity index is 1.87. The van der Waals surface area contributed by atoms with Crippen molar-refractivity contribution in [2.75, 3.05) is 11.9 Å². The summed E-state index contributed by atoms with van der Waals surface area (Å²) in [5, 5.41) is 4.26. The zero-order chi connectivity index (χ0) is 15.1. The topological polar surface area (TPSA) is 21.1 Å². The van der Waals surface area contributed by atoms with E-state index in [2.05, 4.69) is 71.7 Å². The average Bonchev–Trinajstić information content (AvgIpc) is 2.92. The van der Waals surface area contributed by atoms with E-state index in [0.717, 1.165) is 5.69 Å². The molecule has 0 unspecified atom stereocenters. The second kappa shape index (κ2) is 4.88. The van der Waals surface area contributed by atoms with Crippen molar-refractivity contribution >= 4 is 23.5 Å². The minimum atomic E-state index is 1.13. The first kappa shape index (κ1) is 12.9. The third-order valence-electron chi connectivity index (χ3n) is 4.25. The van der Waals surface area contributed by atoms with Gasteiger partial charge in [0.2, 0.25) is 0 Å². The molecule has 0 atom stereocenters. The molecule has 0 amide bonds. The molecule has 2 aromatic carbocycles. The van der Waals surface area contributed by atoms with E-state index in [9.17, 15) is 0 Å². The Hall–Kier alpha value is -2.81.